The van der Waals surface area contributed by atoms with Crippen LogP contribution in [0.3, 0.4) is 0 Å². The number of benzene rings is 1. The third kappa shape index (κ3) is 1.99. The van der Waals surface area contributed by atoms with Crippen LogP contribution in [0, 0.1) is 0 Å². The molecular formula is C14H13NOS. The van der Waals surface area contributed by atoms with Gasteiger partial charge in [0.05, 0.1) is 0 Å². The molecule has 0 fully saturated rings. The van der Waals surface area contributed by atoms with Crippen LogP contribution in [0.4, 0.5) is 0 Å². The van der Waals surface area contributed by atoms with Crippen molar-refractivity contribution in [2.45, 2.75) is 6.54 Å². The molecule has 3 rings (SSSR count). The minimum Gasteiger partial charge on any atom is -0.456 e. The van der Waals surface area contributed by atoms with Gasteiger partial charge in [-0.15, -0.1) is 11.3 Å². The molecule has 1 aromatic carbocycles. The van der Waals surface area contributed by atoms with E-state index in [1.165, 1.54) is 4.88 Å². The van der Waals surface area contributed by atoms with E-state index in [0.29, 0.717) is 0 Å². The van der Waals surface area contributed by atoms with Crippen molar-refractivity contribution in [3.8, 4) is 11.3 Å². The van der Waals surface area contributed by atoms with Crippen molar-refractivity contribution in [3.05, 3.63) is 46.7 Å². The molecule has 1 N–H and O–H groups in total. The highest BCUT2D eigenvalue weighted by Crippen LogP contribution is 2.30. The lowest BCUT2D eigenvalue weighted by atomic mass is 10.2. The molecule has 86 valence electrons. The number of furan rings is 1. The van der Waals surface area contributed by atoms with Crippen molar-refractivity contribution in [1.29, 1.82) is 0 Å². The zero-order chi connectivity index (χ0) is 11.7. The van der Waals surface area contributed by atoms with Gasteiger partial charge in [0.1, 0.15) is 11.3 Å². The van der Waals surface area contributed by atoms with Gasteiger partial charge < -0.3 is 9.73 Å². The molecule has 0 aliphatic rings. The molecule has 0 radical (unpaired) electrons. The van der Waals surface area contributed by atoms with Crippen molar-refractivity contribution in [2.24, 2.45) is 0 Å². The molecule has 0 bridgehead atoms. The Hall–Kier alpha value is -1.58. The average Bonchev–Trinajstić information content (AvgIpc) is 2.94. The Morgan fingerprint density at radius 1 is 1.24 bits per heavy atom. The zero-order valence-corrected chi connectivity index (χ0v) is 10.4. The van der Waals surface area contributed by atoms with Crippen molar-refractivity contribution in [3.63, 3.8) is 0 Å². The average molecular weight is 243 g/mol. The molecule has 2 nitrogen and oxygen atoms in total. The van der Waals surface area contributed by atoms with Crippen LogP contribution in [0.2, 0.25) is 0 Å². The molecule has 2 aromatic heterocycles. The van der Waals surface area contributed by atoms with E-state index in [1.54, 1.807) is 11.3 Å². The van der Waals surface area contributed by atoms with Gasteiger partial charge in [0.2, 0.25) is 0 Å². The van der Waals surface area contributed by atoms with Gasteiger partial charge in [-0.1, -0.05) is 18.2 Å². The maximum atomic E-state index is 5.83. The number of para-hydroxylation sites is 1. The highest BCUT2D eigenvalue weighted by atomic mass is 32.1. The van der Waals surface area contributed by atoms with E-state index >= 15 is 0 Å². The van der Waals surface area contributed by atoms with E-state index in [2.05, 4.69) is 28.9 Å². The van der Waals surface area contributed by atoms with Crippen molar-refractivity contribution >= 4 is 22.3 Å². The summed E-state index contributed by atoms with van der Waals surface area (Å²) in [6, 6.07) is 12.4. The zero-order valence-electron chi connectivity index (χ0n) is 9.57. The molecular weight excluding hydrogens is 230 g/mol. The van der Waals surface area contributed by atoms with Gasteiger partial charge in [0.25, 0.3) is 0 Å². The first-order chi connectivity index (χ1) is 8.36. The summed E-state index contributed by atoms with van der Waals surface area (Å²) in [7, 11) is 1.96. The molecule has 3 aromatic rings. The van der Waals surface area contributed by atoms with Gasteiger partial charge in [-0.25, -0.2) is 0 Å². The summed E-state index contributed by atoms with van der Waals surface area (Å²) < 4.78 is 5.83. The number of rotatable bonds is 3. The monoisotopic (exact) mass is 243 g/mol. The third-order valence-electron chi connectivity index (χ3n) is 2.71. The first kappa shape index (κ1) is 10.6. The first-order valence-corrected chi connectivity index (χ1v) is 6.46. The normalized spacial score (nSPS) is 11.1. The summed E-state index contributed by atoms with van der Waals surface area (Å²) in [5.41, 5.74) is 2.11. The Kier molecular flexibility index (Phi) is 2.71. The summed E-state index contributed by atoms with van der Waals surface area (Å²) in [5.74, 6) is 0.949. The lowest BCUT2D eigenvalue weighted by Gasteiger charge is -1.91. The van der Waals surface area contributed by atoms with Crippen LogP contribution in [0.15, 0.2) is 46.2 Å². The Morgan fingerprint density at radius 2 is 2.12 bits per heavy atom. The van der Waals surface area contributed by atoms with E-state index in [0.717, 1.165) is 28.8 Å². The van der Waals surface area contributed by atoms with Crippen LogP contribution >= 0.6 is 11.3 Å². The second kappa shape index (κ2) is 4.35. The van der Waals surface area contributed by atoms with E-state index in [4.69, 9.17) is 4.42 Å². The van der Waals surface area contributed by atoms with Crippen LogP contribution in [0.25, 0.3) is 22.3 Å². The molecule has 17 heavy (non-hydrogen) atoms. The lowest BCUT2D eigenvalue weighted by Crippen LogP contribution is -2.02. The fraction of sp³-hybridized carbons (Fsp3) is 0.143. The quantitative estimate of drug-likeness (QED) is 0.755. The summed E-state index contributed by atoms with van der Waals surface area (Å²) in [5, 5.41) is 6.45. The summed E-state index contributed by atoms with van der Waals surface area (Å²) in [6.45, 7) is 0.908. The minimum absolute atomic E-state index is 0.908. The Balaban J connectivity index is 2.01. The third-order valence-corrected chi connectivity index (χ3v) is 3.65. The van der Waals surface area contributed by atoms with Crippen molar-refractivity contribution in [1.82, 2.24) is 5.32 Å². The second-order valence-corrected chi connectivity index (χ2v) is 4.98. The SMILES string of the molecule is CNCc1cc(-c2cc3ccccc3o2)cs1. The van der Waals surface area contributed by atoms with E-state index in [-0.39, 0.29) is 0 Å². The number of hydrogen-bond donors (Lipinski definition) is 1. The number of fused-ring (bicyclic) bond motifs is 1. The molecule has 0 unspecified atom stereocenters. The number of thiophene rings is 1. The minimum atomic E-state index is 0.908. The van der Waals surface area contributed by atoms with Gasteiger partial charge in [0.15, 0.2) is 0 Å². The van der Waals surface area contributed by atoms with Crippen LogP contribution < -0.4 is 5.32 Å². The van der Waals surface area contributed by atoms with Gasteiger partial charge in [-0.3, -0.25) is 0 Å². The lowest BCUT2D eigenvalue weighted by molar-refractivity contribution is 0.632. The van der Waals surface area contributed by atoms with Gasteiger partial charge in [-0.05, 0) is 25.2 Å². The number of nitrogens with one attached hydrogen (secondary N) is 1. The molecule has 0 aliphatic heterocycles. The Morgan fingerprint density at radius 3 is 2.94 bits per heavy atom. The standard InChI is InChI=1S/C14H13NOS/c1-15-8-12-6-11(9-17-12)14-7-10-4-2-3-5-13(10)16-14/h2-7,9,15H,8H2,1H3. The van der Waals surface area contributed by atoms with E-state index < -0.39 is 0 Å². The molecule has 0 atom stereocenters. The smallest absolute Gasteiger partial charge is 0.136 e. The fourth-order valence-corrected chi connectivity index (χ4v) is 2.79. The van der Waals surface area contributed by atoms with E-state index in [1.807, 2.05) is 25.2 Å². The Bertz CT molecular complexity index is 605. The first-order valence-electron chi connectivity index (χ1n) is 5.58. The van der Waals surface area contributed by atoms with Gasteiger partial charge in [0, 0.05) is 27.8 Å². The molecule has 0 aliphatic carbocycles. The van der Waals surface area contributed by atoms with Crippen LogP contribution in [0.5, 0.6) is 0 Å². The molecule has 0 saturated heterocycles. The van der Waals surface area contributed by atoms with Crippen molar-refractivity contribution in [2.75, 3.05) is 7.05 Å². The van der Waals surface area contributed by atoms with Crippen LogP contribution in [0.1, 0.15) is 4.88 Å². The highest BCUT2D eigenvalue weighted by Gasteiger charge is 2.07. The Labute approximate surface area is 104 Å². The fourth-order valence-electron chi connectivity index (χ4n) is 1.90. The molecule has 3 heteroatoms. The maximum Gasteiger partial charge on any atom is 0.136 e. The highest BCUT2D eigenvalue weighted by molar-refractivity contribution is 7.10. The maximum absolute atomic E-state index is 5.83. The molecule has 2 heterocycles. The van der Waals surface area contributed by atoms with Crippen LogP contribution in [-0.4, -0.2) is 7.05 Å². The summed E-state index contributed by atoms with van der Waals surface area (Å²) >= 11 is 1.76. The summed E-state index contributed by atoms with van der Waals surface area (Å²) in [4.78, 5) is 1.32. The number of hydrogen-bond acceptors (Lipinski definition) is 3. The summed E-state index contributed by atoms with van der Waals surface area (Å²) in [6.07, 6.45) is 0. The molecule has 0 spiro atoms. The largest absolute Gasteiger partial charge is 0.456 e. The topological polar surface area (TPSA) is 25.2 Å². The van der Waals surface area contributed by atoms with E-state index in [9.17, 15) is 0 Å². The predicted octanol–water partition coefficient (Wildman–Crippen LogP) is 3.88. The van der Waals surface area contributed by atoms with Crippen LogP contribution in [-0.2, 0) is 6.54 Å². The predicted molar refractivity (Wildman–Crippen MR) is 72.3 cm³/mol. The van der Waals surface area contributed by atoms with Crippen molar-refractivity contribution < 1.29 is 4.42 Å². The van der Waals surface area contributed by atoms with Gasteiger partial charge in [-0.2, -0.15) is 0 Å². The van der Waals surface area contributed by atoms with Gasteiger partial charge >= 0.3 is 0 Å². The second-order valence-electron chi connectivity index (χ2n) is 3.98. The molecule has 0 amide bonds. The molecule has 0 saturated carbocycles.